The molecule has 0 unspecified atom stereocenters. The topological polar surface area (TPSA) is 61.9 Å². The van der Waals surface area contributed by atoms with Gasteiger partial charge in [0.15, 0.2) is 6.23 Å². The monoisotopic (exact) mass is 373 g/mol. The number of halogens is 1. The zero-order chi connectivity index (χ0) is 18.7. The lowest BCUT2D eigenvalue weighted by Gasteiger charge is -2.20. The van der Waals surface area contributed by atoms with Crippen LogP contribution in [0.4, 0.5) is 10.5 Å². The second-order valence-corrected chi connectivity index (χ2v) is 6.59. The van der Waals surface area contributed by atoms with Gasteiger partial charge in [-0.05, 0) is 36.8 Å². The zero-order valence-corrected chi connectivity index (χ0v) is 15.4. The molecular weight excluding hydrogens is 354 g/mol. The van der Waals surface area contributed by atoms with E-state index in [9.17, 15) is 9.59 Å². The largest absolute Gasteiger partial charge is 0.352 e. The fraction of sp³-hybridized carbons (Fsp3) is 0.263. The third-order valence-electron chi connectivity index (χ3n) is 4.12. The number of nitrogens with one attached hydrogen (secondary N) is 1. The van der Waals surface area contributed by atoms with Gasteiger partial charge in [-0.1, -0.05) is 41.4 Å². The summed E-state index contributed by atoms with van der Waals surface area (Å²) in [4.78, 5) is 31.6. The van der Waals surface area contributed by atoms with Gasteiger partial charge in [-0.3, -0.25) is 9.69 Å². The van der Waals surface area contributed by atoms with Gasteiger partial charge in [0.25, 0.3) is 0 Å². The fourth-order valence-corrected chi connectivity index (χ4v) is 2.82. The predicted molar refractivity (Wildman–Crippen MR) is 99.6 cm³/mol. The van der Waals surface area contributed by atoms with Crippen LogP contribution >= 0.6 is 11.6 Å². The van der Waals surface area contributed by atoms with Crippen LogP contribution in [0.25, 0.3) is 0 Å². The first kappa shape index (κ1) is 18.2. The number of amides is 3. The molecule has 1 heterocycles. The molecule has 136 valence electrons. The molecule has 1 saturated heterocycles. The summed E-state index contributed by atoms with van der Waals surface area (Å²) in [5.74, 6) is -0.197. The van der Waals surface area contributed by atoms with Crippen molar-refractivity contribution in [2.45, 2.75) is 26.1 Å². The fourth-order valence-electron chi connectivity index (χ4n) is 2.69. The second-order valence-electron chi connectivity index (χ2n) is 6.15. The molecule has 1 N–H and O–H groups in total. The van der Waals surface area contributed by atoms with E-state index in [1.165, 1.54) is 17.5 Å². The van der Waals surface area contributed by atoms with Crippen LogP contribution in [-0.2, 0) is 16.2 Å². The SMILES string of the molecule is Cc1ccc(CNC(=O)C[C@@H]2ON(C)C(=O)N2c2ccc(Cl)cc2)cc1. The molecule has 1 aliphatic heterocycles. The summed E-state index contributed by atoms with van der Waals surface area (Å²) in [5.41, 5.74) is 2.80. The number of rotatable bonds is 5. The van der Waals surface area contributed by atoms with E-state index in [-0.39, 0.29) is 18.4 Å². The van der Waals surface area contributed by atoms with E-state index in [2.05, 4.69) is 5.32 Å². The number of hydrogen-bond acceptors (Lipinski definition) is 3. The second kappa shape index (κ2) is 7.76. The molecule has 0 spiro atoms. The molecule has 2 aromatic carbocycles. The lowest BCUT2D eigenvalue weighted by atomic mass is 10.1. The molecule has 1 atom stereocenters. The average molecular weight is 374 g/mol. The summed E-state index contributed by atoms with van der Waals surface area (Å²) in [6.45, 7) is 2.44. The van der Waals surface area contributed by atoms with Crippen molar-refractivity contribution in [3.8, 4) is 0 Å². The molecular formula is C19H20ClN3O3. The van der Waals surface area contributed by atoms with E-state index < -0.39 is 6.23 Å². The Hall–Kier alpha value is -2.57. The number of aryl methyl sites for hydroxylation is 1. The molecule has 0 saturated carbocycles. The molecule has 0 aromatic heterocycles. The Labute approximate surface area is 157 Å². The first-order valence-electron chi connectivity index (χ1n) is 8.25. The summed E-state index contributed by atoms with van der Waals surface area (Å²) in [6, 6.07) is 14.4. The van der Waals surface area contributed by atoms with Gasteiger partial charge in [0, 0.05) is 24.3 Å². The van der Waals surface area contributed by atoms with Crippen molar-refractivity contribution >= 4 is 29.2 Å². The summed E-state index contributed by atoms with van der Waals surface area (Å²) >= 11 is 5.90. The van der Waals surface area contributed by atoms with E-state index in [0.29, 0.717) is 17.3 Å². The number of urea groups is 1. The van der Waals surface area contributed by atoms with Crippen molar-refractivity contribution in [2.24, 2.45) is 0 Å². The third kappa shape index (κ3) is 4.15. The van der Waals surface area contributed by atoms with Crippen molar-refractivity contribution in [1.29, 1.82) is 0 Å². The van der Waals surface area contributed by atoms with Gasteiger partial charge in [-0.15, -0.1) is 0 Å². The Morgan fingerprint density at radius 2 is 1.81 bits per heavy atom. The maximum Gasteiger partial charge on any atom is 0.350 e. The minimum absolute atomic E-state index is 0.0323. The minimum Gasteiger partial charge on any atom is -0.352 e. The molecule has 1 aliphatic rings. The quantitative estimate of drug-likeness (QED) is 0.872. The van der Waals surface area contributed by atoms with Crippen LogP contribution in [0.5, 0.6) is 0 Å². The molecule has 3 rings (SSSR count). The van der Waals surface area contributed by atoms with Crippen LogP contribution in [-0.4, -0.2) is 30.3 Å². The highest BCUT2D eigenvalue weighted by molar-refractivity contribution is 6.30. The van der Waals surface area contributed by atoms with E-state index >= 15 is 0 Å². The summed E-state index contributed by atoms with van der Waals surface area (Å²) < 4.78 is 0. The van der Waals surface area contributed by atoms with Gasteiger partial charge in [-0.25, -0.2) is 14.7 Å². The smallest absolute Gasteiger partial charge is 0.350 e. The van der Waals surface area contributed by atoms with Crippen LogP contribution in [0, 0.1) is 6.92 Å². The van der Waals surface area contributed by atoms with Crippen molar-refractivity contribution < 1.29 is 14.4 Å². The van der Waals surface area contributed by atoms with Crippen LogP contribution in [0.3, 0.4) is 0 Å². The Bertz CT molecular complexity index is 793. The number of carbonyl (C=O) groups is 2. The first-order chi connectivity index (χ1) is 12.4. The molecule has 1 fully saturated rings. The molecule has 26 heavy (non-hydrogen) atoms. The van der Waals surface area contributed by atoms with Crippen LogP contribution in [0.15, 0.2) is 48.5 Å². The third-order valence-corrected chi connectivity index (χ3v) is 4.37. The van der Waals surface area contributed by atoms with Crippen LogP contribution < -0.4 is 10.2 Å². The summed E-state index contributed by atoms with van der Waals surface area (Å²) in [7, 11) is 1.52. The lowest BCUT2D eigenvalue weighted by Crippen LogP contribution is -2.38. The molecule has 2 aromatic rings. The number of hydrogen-bond donors (Lipinski definition) is 1. The Kier molecular flexibility index (Phi) is 5.44. The van der Waals surface area contributed by atoms with Crippen molar-refractivity contribution in [1.82, 2.24) is 10.4 Å². The Morgan fingerprint density at radius 3 is 2.46 bits per heavy atom. The van der Waals surface area contributed by atoms with Crippen molar-refractivity contribution in [3.63, 3.8) is 0 Å². The van der Waals surface area contributed by atoms with Gasteiger partial charge >= 0.3 is 6.03 Å². The van der Waals surface area contributed by atoms with E-state index in [1.54, 1.807) is 24.3 Å². The molecule has 3 amide bonds. The Morgan fingerprint density at radius 1 is 1.15 bits per heavy atom. The number of anilines is 1. The van der Waals surface area contributed by atoms with E-state index in [4.69, 9.17) is 16.4 Å². The number of nitrogens with zero attached hydrogens (tertiary/aromatic N) is 2. The zero-order valence-electron chi connectivity index (χ0n) is 14.6. The van der Waals surface area contributed by atoms with Crippen LogP contribution in [0.1, 0.15) is 17.5 Å². The van der Waals surface area contributed by atoms with Gasteiger partial charge in [0.05, 0.1) is 6.42 Å². The van der Waals surface area contributed by atoms with E-state index in [1.807, 2.05) is 31.2 Å². The minimum atomic E-state index is -0.702. The highest BCUT2D eigenvalue weighted by atomic mass is 35.5. The average Bonchev–Trinajstić information content (AvgIpc) is 2.89. The number of hydroxylamine groups is 2. The normalized spacial score (nSPS) is 16.9. The predicted octanol–water partition coefficient (Wildman–Crippen LogP) is 3.48. The van der Waals surface area contributed by atoms with Gasteiger partial charge in [-0.2, -0.15) is 0 Å². The van der Waals surface area contributed by atoms with E-state index in [0.717, 1.165) is 10.6 Å². The Balaban J connectivity index is 1.64. The summed E-state index contributed by atoms with van der Waals surface area (Å²) in [6.07, 6.45) is -0.670. The van der Waals surface area contributed by atoms with Crippen LogP contribution in [0.2, 0.25) is 5.02 Å². The first-order valence-corrected chi connectivity index (χ1v) is 8.63. The maximum atomic E-state index is 12.4. The summed E-state index contributed by atoms with van der Waals surface area (Å²) in [5, 5.41) is 4.56. The number of benzene rings is 2. The molecule has 0 radical (unpaired) electrons. The highest BCUT2D eigenvalue weighted by Crippen LogP contribution is 2.27. The van der Waals surface area contributed by atoms with Gasteiger partial charge in [0.1, 0.15) is 0 Å². The lowest BCUT2D eigenvalue weighted by molar-refractivity contribution is -0.133. The van der Waals surface area contributed by atoms with Crippen molar-refractivity contribution in [3.05, 3.63) is 64.7 Å². The number of carbonyl (C=O) groups excluding carboxylic acids is 2. The van der Waals surface area contributed by atoms with Crippen molar-refractivity contribution in [2.75, 3.05) is 11.9 Å². The molecule has 0 aliphatic carbocycles. The van der Waals surface area contributed by atoms with Gasteiger partial charge < -0.3 is 5.32 Å². The van der Waals surface area contributed by atoms with Gasteiger partial charge in [0.2, 0.25) is 5.91 Å². The molecule has 7 heteroatoms. The molecule has 6 nitrogen and oxygen atoms in total. The maximum absolute atomic E-state index is 12.4. The standard InChI is InChI=1S/C19H20ClN3O3/c1-13-3-5-14(6-4-13)12-21-17(24)11-18-23(19(25)22(2)26-18)16-9-7-15(20)8-10-16/h3-10,18H,11-12H2,1-2H3,(H,21,24)/t18-/m0/s1. The highest BCUT2D eigenvalue weighted by Gasteiger charge is 2.39. The molecule has 0 bridgehead atoms.